The zero-order valence-electron chi connectivity index (χ0n) is 24.8. The number of esters is 1. The first-order chi connectivity index (χ1) is 22.2. The maximum absolute atomic E-state index is 13.4. The Labute approximate surface area is 268 Å². The molecule has 3 aromatic carbocycles. The van der Waals surface area contributed by atoms with E-state index in [1.165, 1.54) is 30.2 Å². The van der Waals surface area contributed by atoms with Gasteiger partial charge in [0.15, 0.2) is 6.04 Å². The number of phenols is 2. The number of nitrogens with zero attached hydrogens (tertiary/aromatic N) is 2. The third-order valence-corrected chi connectivity index (χ3v) is 8.54. The average Bonchev–Trinajstić information content (AvgIpc) is 3.06. The molecule has 14 heteroatoms. The number of thioether (sulfide) groups is 1. The fraction of sp³-hybridized carbons (Fsp3) is 0.250. The Morgan fingerprint density at radius 1 is 0.957 bits per heavy atom. The van der Waals surface area contributed by atoms with Crippen molar-refractivity contribution in [1.29, 1.82) is 0 Å². The summed E-state index contributed by atoms with van der Waals surface area (Å²) < 4.78 is 15.8. The van der Waals surface area contributed by atoms with E-state index in [1.807, 2.05) is 0 Å². The van der Waals surface area contributed by atoms with Gasteiger partial charge in [0.25, 0.3) is 5.91 Å². The molecule has 13 nitrogen and oxygen atoms in total. The molecule has 240 valence electrons. The van der Waals surface area contributed by atoms with Crippen molar-refractivity contribution in [1.82, 2.24) is 15.3 Å². The molecule has 0 aliphatic carbocycles. The largest absolute Gasteiger partial charge is 0.508 e. The van der Waals surface area contributed by atoms with Crippen molar-refractivity contribution in [3.8, 4) is 23.0 Å². The van der Waals surface area contributed by atoms with Crippen molar-refractivity contribution in [2.75, 3.05) is 14.2 Å². The van der Waals surface area contributed by atoms with Crippen molar-refractivity contribution in [2.24, 2.45) is 0 Å². The van der Waals surface area contributed by atoms with Crippen LogP contribution in [0.5, 0.6) is 23.0 Å². The molecule has 46 heavy (non-hydrogen) atoms. The number of carbonyl (C=O) groups is 4. The molecular formula is C32H31N3O10S. The Morgan fingerprint density at radius 3 is 2.17 bits per heavy atom. The lowest BCUT2D eigenvalue weighted by molar-refractivity contribution is -0.213. The highest BCUT2D eigenvalue weighted by Gasteiger charge is 2.57. The van der Waals surface area contributed by atoms with Crippen molar-refractivity contribution in [3.05, 3.63) is 95.2 Å². The monoisotopic (exact) mass is 649 g/mol. The van der Waals surface area contributed by atoms with E-state index in [0.29, 0.717) is 23.5 Å². The lowest BCUT2D eigenvalue weighted by Gasteiger charge is -2.51. The Hall–Kier alpha value is -5.21. The van der Waals surface area contributed by atoms with Gasteiger partial charge in [0.05, 0.1) is 26.0 Å². The molecule has 0 saturated carbocycles. The third kappa shape index (κ3) is 7.19. The van der Waals surface area contributed by atoms with E-state index in [2.05, 4.69) is 5.32 Å². The molecule has 2 aliphatic rings. The van der Waals surface area contributed by atoms with E-state index >= 15 is 0 Å². The molecular weight excluding hydrogens is 618 g/mol. The Balaban J connectivity index is 1.32. The van der Waals surface area contributed by atoms with Crippen LogP contribution in [0.25, 0.3) is 0 Å². The lowest BCUT2D eigenvalue weighted by Crippen LogP contribution is -2.71. The maximum atomic E-state index is 13.4. The van der Waals surface area contributed by atoms with Crippen LogP contribution in [0.15, 0.2) is 78.5 Å². The van der Waals surface area contributed by atoms with Crippen LogP contribution in [-0.2, 0) is 48.4 Å². The molecule has 2 unspecified atom stereocenters. The van der Waals surface area contributed by atoms with Crippen LogP contribution in [0.1, 0.15) is 16.7 Å². The molecule has 0 bridgehead atoms. The lowest BCUT2D eigenvalue weighted by atomic mass is 10.0. The number of nitrogens with one attached hydrogen (secondary N) is 1. The van der Waals surface area contributed by atoms with Gasteiger partial charge in [-0.3, -0.25) is 24.1 Å². The van der Waals surface area contributed by atoms with Gasteiger partial charge in [0, 0.05) is 11.6 Å². The molecule has 2 aliphatic heterocycles. The minimum Gasteiger partial charge on any atom is -0.508 e. The predicted molar refractivity (Wildman–Crippen MR) is 164 cm³/mol. The van der Waals surface area contributed by atoms with Crippen molar-refractivity contribution >= 4 is 36.0 Å². The highest BCUT2D eigenvalue weighted by molar-refractivity contribution is 8.00. The van der Waals surface area contributed by atoms with Gasteiger partial charge in [-0.1, -0.05) is 30.3 Å². The molecule has 3 N–H and O–H groups in total. The number of hydroxylamine groups is 2. The van der Waals surface area contributed by atoms with Crippen molar-refractivity contribution in [2.45, 2.75) is 36.4 Å². The van der Waals surface area contributed by atoms with Gasteiger partial charge in [0.2, 0.25) is 12.3 Å². The molecule has 3 amide bonds. The quantitative estimate of drug-likeness (QED) is 0.108. The molecule has 3 atom stereocenters. The van der Waals surface area contributed by atoms with Crippen molar-refractivity contribution in [3.63, 3.8) is 0 Å². The normalized spacial score (nSPS) is 18.4. The van der Waals surface area contributed by atoms with Gasteiger partial charge in [-0.05, 0) is 47.5 Å². The second-order valence-electron chi connectivity index (χ2n) is 10.2. The van der Waals surface area contributed by atoms with Crippen LogP contribution in [0.4, 0.5) is 0 Å². The number of methoxy groups -OCH3 is 2. The number of fused-ring (bicyclic) bond motifs is 1. The first-order valence-electron chi connectivity index (χ1n) is 14.0. The smallest absolute Gasteiger partial charge is 0.355 e. The number of ether oxygens (including phenoxy) is 3. The van der Waals surface area contributed by atoms with E-state index < -0.39 is 34.6 Å². The van der Waals surface area contributed by atoms with Gasteiger partial charge in [-0.15, -0.1) is 11.8 Å². The zero-order chi connectivity index (χ0) is 32.8. The highest BCUT2D eigenvalue weighted by Crippen LogP contribution is 2.42. The number of phenolic OH excluding ortho intramolecular Hbond substituents is 2. The van der Waals surface area contributed by atoms with Crippen LogP contribution >= 0.6 is 11.8 Å². The van der Waals surface area contributed by atoms with E-state index in [0.717, 1.165) is 28.5 Å². The minimum absolute atomic E-state index is 0.0210. The number of benzene rings is 3. The standard InChI is InChI=1S/C32H31N3O10S/c1-42-23-9-3-19(4-10-23)16-44-32(41)25-15-28(33-27(39)13-21-7-8-22(37)14-26(21)38)46-31-29(30(40)35(25)31)34(18-36)45-17-20-5-11-24(43-2)12-6-20/h3-12,14-15,18,28-29,31,37-38H,13,16-17H2,1-2H3,(H,33,39)/t28?,29?,31-/m1/s1. The molecule has 0 aromatic heterocycles. The fourth-order valence-corrected chi connectivity index (χ4v) is 6.24. The van der Waals surface area contributed by atoms with Crippen LogP contribution in [0.3, 0.4) is 0 Å². The molecule has 1 fully saturated rings. The first kappa shape index (κ1) is 32.2. The van der Waals surface area contributed by atoms with Gasteiger partial charge in [0.1, 0.15) is 47.3 Å². The summed E-state index contributed by atoms with van der Waals surface area (Å²) in [6, 6.07) is 16.7. The minimum atomic E-state index is -1.10. The summed E-state index contributed by atoms with van der Waals surface area (Å²) >= 11 is 1.12. The van der Waals surface area contributed by atoms with Gasteiger partial charge in [-0.25, -0.2) is 9.86 Å². The SMILES string of the molecule is COc1ccc(COC(=O)C2=CC(NC(=O)Cc3ccc(O)cc3O)S[C@@H]3C(N(C=O)OCc4ccc(OC)cc4)C(=O)N23)cc1. The van der Waals surface area contributed by atoms with Crippen LogP contribution < -0.4 is 14.8 Å². The van der Waals surface area contributed by atoms with Gasteiger partial charge >= 0.3 is 5.97 Å². The number of hydrogen-bond donors (Lipinski definition) is 3. The average molecular weight is 650 g/mol. The Kier molecular flexibility index (Phi) is 9.98. The van der Waals surface area contributed by atoms with Crippen LogP contribution in [-0.4, -0.2) is 75.4 Å². The molecule has 0 spiro atoms. The number of rotatable bonds is 13. The molecule has 3 aromatic rings. The van der Waals surface area contributed by atoms with E-state index in [9.17, 15) is 29.4 Å². The molecule has 0 radical (unpaired) electrons. The van der Waals surface area contributed by atoms with Crippen LogP contribution in [0, 0.1) is 0 Å². The summed E-state index contributed by atoms with van der Waals surface area (Å²) in [5, 5.41) is 21.7. The third-order valence-electron chi connectivity index (χ3n) is 7.25. The van der Waals surface area contributed by atoms with E-state index in [4.69, 9.17) is 19.0 Å². The first-order valence-corrected chi connectivity index (χ1v) is 14.9. The second-order valence-corrected chi connectivity index (χ2v) is 11.5. The number of hydrogen-bond acceptors (Lipinski definition) is 11. The van der Waals surface area contributed by atoms with Crippen LogP contribution in [0.2, 0.25) is 0 Å². The second kappa shape index (κ2) is 14.3. The number of aromatic hydroxyl groups is 2. The van der Waals surface area contributed by atoms with Crippen molar-refractivity contribution < 1.29 is 48.4 Å². The summed E-state index contributed by atoms with van der Waals surface area (Å²) in [5.41, 5.74) is 1.58. The predicted octanol–water partition coefficient (Wildman–Crippen LogP) is 2.60. The number of amides is 3. The Morgan fingerprint density at radius 2 is 1.59 bits per heavy atom. The summed E-state index contributed by atoms with van der Waals surface area (Å²) in [5.74, 6) is -0.997. The summed E-state index contributed by atoms with van der Waals surface area (Å²) in [4.78, 5) is 58.7. The number of β-lactam (4-membered cyclic amide) rings is 1. The summed E-state index contributed by atoms with van der Waals surface area (Å²) in [6.45, 7) is -0.112. The molecule has 1 saturated heterocycles. The van der Waals surface area contributed by atoms with Gasteiger partial charge in [-0.2, -0.15) is 0 Å². The number of carbonyl (C=O) groups excluding carboxylic acids is 4. The van der Waals surface area contributed by atoms with E-state index in [1.54, 1.807) is 55.6 Å². The topological polar surface area (TPSA) is 164 Å². The van der Waals surface area contributed by atoms with E-state index in [-0.39, 0.29) is 42.4 Å². The summed E-state index contributed by atoms with van der Waals surface area (Å²) in [6.07, 6.45) is 1.57. The maximum Gasteiger partial charge on any atom is 0.355 e. The molecule has 2 heterocycles. The fourth-order valence-electron chi connectivity index (χ4n) is 4.81. The van der Waals surface area contributed by atoms with Gasteiger partial charge < -0.3 is 29.7 Å². The zero-order valence-corrected chi connectivity index (χ0v) is 25.6. The molecule has 5 rings (SSSR count). The Bertz CT molecular complexity index is 1630. The summed E-state index contributed by atoms with van der Waals surface area (Å²) in [7, 11) is 3.08. The highest BCUT2D eigenvalue weighted by atomic mass is 32.2.